The van der Waals surface area contributed by atoms with Crippen LogP contribution in [-0.2, 0) is 0 Å². The van der Waals surface area contributed by atoms with E-state index in [-0.39, 0.29) is 11.4 Å². The largest absolute Gasteiger partial charge is 0.483 e. The van der Waals surface area contributed by atoms with E-state index in [1.54, 1.807) is 31.2 Å². The Morgan fingerprint density at radius 2 is 1.95 bits per heavy atom. The average molecular weight is 261 g/mol. The fourth-order valence-corrected chi connectivity index (χ4v) is 1.69. The van der Waals surface area contributed by atoms with Gasteiger partial charge in [0, 0.05) is 12.1 Å². The molecule has 0 saturated heterocycles. The van der Waals surface area contributed by atoms with E-state index in [9.17, 15) is 14.5 Å². The molecule has 19 heavy (non-hydrogen) atoms. The molecule has 0 radical (unpaired) electrons. The van der Waals surface area contributed by atoms with E-state index in [0.29, 0.717) is 5.56 Å². The van der Waals surface area contributed by atoms with Crippen molar-refractivity contribution in [3.8, 4) is 5.75 Å². The summed E-state index contributed by atoms with van der Waals surface area (Å²) in [6.07, 6.45) is -0.475. The predicted molar refractivity (Wildman–Crippen MR) is 68.5 cm³/mol. The molecule has 0 aliphatic carbocycles. The van der Waals surface area contributed by atoms with Crippen molar-refractivity contribution in [2.75, 3.05) is 0 Å². The van der Waals surface area contributed by atoms with Crippen molar-refractivity contribution in [2.24, 2.45) is 0 Å². The van der Waals surface area contributed by atoms with Crippen LogP contribution in [0.3, 0.4) is 0 Å². The topological polar surface area (TPSA) is 52.4 Å². The molecule has 98 valence electrons. The van der Waals surface area contributed by atoms with Crippen LogP contribution in [0.4, 0.5) is 10.1 Å². The number of rotatable bonds is 4. The second kappa shape index (κ2) is 5.48. The smallest absolute Gasteiger partial charge is 0.269 e. The molecule has 2 aromatic rings. The number of nitrogens with zero attached hydrogens (tertiary/aromatic N) is 1. The maximum absolute atomic E-state index is 13.4. The molecule has 2 rings (SSSR count). The summed E-state index contributed by atoms with van der Waals surface area (Å²) >= 11 is 0. The number of para-hydroxylation sites is 1. The second-order valence-electron chi connectivity index (χ2n) is 4.04. The molecule has 1 unspecified atom stereocenters. The summed E-state index contributed by atoms with van der Waals surface area (Å²) in [5, 5.41) is 10.7. The van der Waals surface area contributed by atoms with Crippen molar-refractivity contribution in [1.82, 2.24) is 0 Å². The number of benzene rings is 2. The zero-order valence-electron chi connectivity index (χ0n) is 10.2. The lowest BCUT2D eigenvalue weighted by Crippen LogP contribution is -2.04. The van der Waals surface area contributed by atoms with E-state index in [1.807, 2.05) is 0 Å². The summed E-state index contributed by atoms with van der Waals surface area (Å²) in [7, 11) is 0. The standard InChI is InChI=1S/C14H12FNO3/c1-10(19-14-8-3-2-7-13(14)15)11-5-4-6-12(9-11)16(17)18/h2-10H,1H3. The van der Waals surface area contributed by atoms with Gasteiger partial charge in [0.25, 0.3) is 5.69 Å². The summed E-state index contributed by atoms with van der Waals surface area (Å²) in [6, 6.07) is 12.2. The van der Waals surface area contributed by atoms with Crippen molar-refractivity contribution >= 4 is 5.69 Å². The number of non-ortho nitro benzene ring substituents is 1. The highest BCUT2D eigenvalue weighted by atomic mass is 19.1. The maximum atomic E-state index is 13.4. The minimum atomic E-state index is -0.475. The van der Waals surface area contributed by atoms with Crippen LogP contribution in [0.1, 0.15) is 18.6 Å². The average Bonchev–Trinajstić information content (AvgIpc) is 2.41. The first-order valence-corrected chi connectivity index (χ1v) is 5.73. The SMILES string of the molecule is CC(Oc1ccccc1F)c1cccc([N+](=O)[O-])c1. The van der Waals surface area contributed by atoms with E-state index in [2.05, 4.69) is 0 Å². The van der Waals surface area contributed by atoms with E-state index >= 15 is 0 Å². The molecule has 1 atom stereocenters. The van der Waals surface area contributed by atoms with Crippen LogP contribution in [0.25, 0.3) is 0 Å². The summed E-state index contributed by atoms with van der Waals surface area (Å²) in [4.78, 5) is 10.2. The van der Waals surface area contributed by atoms with Crippen molar-refractivity contribution in [3.63, 3.8) is 0 Å². The molecule has 0 fully saturated rings. The van der Waals surface area contributed by atoms with Gasteiger partial charge in [0.1, 0.15) is 6.10 Å². The van der Waals surface area contributed by atoms with E-state index in [4.69, 9.17) is 4.74 Å². The zero-order valence-corrected chi connectivity index (χ0v) is 10.2. The Bertz CT molecular complexity index is 601. The van der Waals surface area contributed by atoms with E-state index < -0.39 is 16.8 Å². The van der Waals surface area contributed by atoms with Crippen LogP contribution < -0.4 is 4.74 Å². The number of ether oxygens (including phenoxy) is 1. The van der Waals surface area contributed by atoms with Crippen LogP contribution in [0.5, 0.6) is 5.75 Å². The van der Waals surface area contributed by atoms with Gasteiger partial charge < -0.3 is 4.74 Å². The van der Waals surface area contributed by atoms with Crippen molar-refractivity contribution < 1.29 is 14.1 Å². The molecule has 0 bridgehead atoms. The molecule has 0 aliphatic heterocycles. The van der Waals surface area contributed by atoms with Gasteiger partial charge in [-0.3, -0.25) is 10.1 Å². The normalized spacial score (nSPS) is 11.9. The molecule has 0 heterocycles. The number of hydrogen-bond donors (Lipinski definition) is 0. The highest BCUT2D eigenvalue weighted by Crippen LogP contribution is 2.25. The molecular formula is C14H12FNO3. The lowest BCUT2D eigenvalue weighted by molar-refractivity contribution is -0.385. The maximum Gasteiger partial charge on any atom is 0.269 e. The van der Waals surface area contributed by atoms with E-state index in [1.165, 1.54) is 24.3 Å². The van der Waals surface area contributed by atoms with Crippen LogP contribution >= 0.6 is 0 Å². The van der Waals surface area contributed by atoms with Gasteiger partial charge >= 0.3 is 0 Å². The van der Waals surface area contributed by atoms with Gasteiger partial charge in [0.05, 0.1) is 4.92 Å². The van der Waals surface area contributed by atoms with Gasteiger partial charge in [0.15, 0.2) is 11.6 Å². The van der Waals surface area contributed by atoms with Gasteiger partial charge in [-0.05, 0) is 24.6 Å². The molecule has 2 aromatic carbocycles. The van der Waals surface area contributed by atoms with Crippen LogP contribution in [0.2, 0.25) is 0 Å². The first-order valence-electron chi connectivity index (χ1n) is 5.73. The summed E-state index contributed by atoms with van der Waals surface area (Å²) < 4.78 is 18.9. The number of nitro benzene ring substituents is 1. The Hall–Kier alpha value is -2.43. The third kappa shape index (κ3) is 3.07. The Morgan fingerprint density at radius 3 is 2.63 bits per heavy atom. The highest BCUT2D eigenvalue weighted by Gasteiger charge is 2.13. The van der Waals surface area contributed by atoms with Gasteiger partial charge in [-0.15, -0.1) is 0 Å². The summed E-state index contributed by atoms with van der Waals surface area (Å²) in [5.74, 6) is -0.332. The molecule has 0 amide bonds. The first kappa shape index (κ1) is 13.0. The van der Waals surface area contributed by atoms with Crippen LogP contribution in [0.15, 0.2) is 48.5 Å². The molecule has 0 spiro atoms. The molecule has 0 N–H and O–H groups in total. The Balaban J connectivity index is 2.20. The van der Waals surface area contributed by atoms with Crippen molar-refractivity contribution in [2.45, 2.75) is 13.0 Å². The zero-order chi connectivity index (χ0) is 13.8. The lowest BCUT2D eigenvalue weighted by Gasteiger charge is -2.15. The monoisotopic (exact) mass is 261 g/mol. The molecule has 5 heteroatoms. The lowest BCUT2D eigenvalue weighted by atomic mass is 10.1. The quantitative estimate of drug-likeness (QED) is 0.620. The third-order valence-corrected chi connectivity index (χ3v) is 2.69. The molecular weight excluding hydrogens is 249 g/mol. The van der Waals surface area contributed by atoms with Crippen molar-refractivity contribution in [3.05, 3.63) is 70.0 Å². The summed E-state index contributed by atoms with van der Waals surface area (Å²) in [5.41, 5.74) is 0.610. The van der Waals surface area contributed by atoms with Gasteiger partial charge in [-0.1, -0.05) is 24.3 Å². The number of hydrogen-bond acceptors (Lipinski definition) is 3. The summed E-state index contributed by atoms with van der Waals surface area (Å²) in [6.45, 7) is 1.71. The fourth-order valence-electron chi connectivity index (χ4n) is 1.69. The molecule has 0 saturated carbocycles. The van der Waals surface area contributed by atoms with Crippen LogP contribution in [0, 0.1) is 15.9 Å². The molecule has 0 aliphatic rings. The van der Waals surface area contributed by atoms with Gasteiger partial charge in [-0.2, -0.15) is 0 Å². The van der Waals surface area contributed by atoms with Crippen molar-refractivity contribution in [1.29, 1.82) is 0 Å². The first-order chi connectivity index (χ1) is 9.08. The number of nitro groups is 1. The Labute approximate surface area is 109 Å². The van der Waals surface area contributed by atoms with Gasteiger partial charge in [0.2, 0.25) is 0 Å². The number of halogens is 1. The van der Waals surface area contributed by atoms with Gasteiger partial charge in [-0.25, -0.2) is 4.39 Å². The molecule has 4 nitrogen and oxygen atoms in total. The highest BCUT2D eigenvalue weighted by molar-refractivity contribution is 5.36. The minimum Gasteiger partial charge on any atom is -0.483 e. The Morgan fingerprint density at radius 1 is 1.21 bits per heavy atom. The predicted octanol–water partition coefficient (Wildman–Crippen LogP) is 3.87. The Kier molecular flexibility index (Phi) is 3.75. The minimum absolute atomic E-state index is 0.0125. The fraction of sp³-hybridized carbons (Fsp3) is 0.143. The third-order valence-electron chi connectivity index (χ3n) is 2.69. The van der Waals surface area contributed by atoms with Crippen LogP contribution in [-0.4, -0.2) is 4.92 Å². The van der Waals surface area contributed by atoms with E-state index in [0.717, 1.165) is 0 Å². The molecule has 0 aromatic heterocycles. The second-order valence-corrected chi connectivity index (χ2v) is 4.04.